The molecule has 0 spiro atoms. The normalized spacial score (nSPS) is 19.9. The van der Waals surface area contributed by atoms with Crippen molar-refractivity contribution in [2.75, 3.05) is 38.2 Å². The van der Waals surface area contributed by atoms with Crippen LogP contribution in [0.5, 0.6) is 0 Å². The van der Waals surface area contributed by atoms with E-state index in [4.69, 9.17) is 0 Å². The number of amides is 2. The van der Waals surface area contributed by atoms with E-state index in [9.17, 15) is 14.4 Å². The lowest BCUT2D eigenvalue weighted by Gasteiger charge is -2.33. The van der Waals surface area contributed by atoms with Crippen molar-refractivity contribution >= 4 is 23.6 Å². The molecule has 4 rings (SSSR count). The number of methoxy groups -OCH3 is 1. The molecule has 1 saturated heterocycles. The third kappa shape index (κ3) is 5.84. The third-order valence-electron chi connectivity index (χ3n) is 7.33. The highest BCUT2D eigenvalue weighted by molar-refractivity contribution is 6.03. The van der Waals surface area contributed by atoms with Crippen molar-refractivity contribution < 1.29 is 19.1 Å². The van der Waals surface area contributed by atoms with Crippen LogP contribution >= 0.6 is 0 Å². The quantitative estimate of drug-likeness (QED) is 0.419. The minimum Gasteiger partial charge on any atom is -0.465 e. The lowest BCUT2D eigenvalue weighted by atomic mass is 9.76. The predicted molar refractivity (Wildman–Crippen MR) is 137 cm³/mol. The van der Waals surface area contributed by atoms with Gasteiger partial charge in [-0.05, 0) is 73.4 Å². The van der Waals surface area contributed by atoms with E-state index in [-0.39, 0.29) is 5.91 Å². The van der Waals surface area contributed by atoms with Gasteiger partial charge in [0.1, 0.15) is 5.82 Å². The first kappa shape index (κ1) is 25.6. The smallest absolute Gasteiger partial charge is 0.337 e. The second-order valence-corrected chi connectivity index (χ2v) is 9.44. The zero-order valence-corrected chi connectivity index (χ0v) is 21.0. The van der Waals surface area contributed by atoms with Crippen molar-refractivity contribution in [3.63, 3.8) is 0 Å². The molecule has 1 saturated carbocycles. The molecule has 3 N–H and O–H groups in total. The molecular formula is C27H35N5O4. The number of esters is 1. The van der Waals surface area contributed by atoms with Crippen molar-refractivity contribution in [3.05, 3.63) is 58.8 Å². The molecule has 0 bridgehead atoms. The number of piperazine rings is 1. The molecule has 2 aromatic rings. The van der Waals surface area contributed by atoms with Gasteiger partial charge in [0, 0.05) is 37.9 Å². The molecule has 2 heterocycles. The van der Waals surface area contributed by atoms with E-state index in [2.05, 4.69) is 37.7 Å². The topological polar surface area (TPSA) is 113 Å². The number of benzene rings is 1. The Bertz CT molecular complexity index is 1070. The number of carbonyl (C=O) groups excluding carboxylic acids is 3. The predicted octanol–water partition coefficient (Wildman–Crippen LogP) is 3.04. The second kappa shape index (κ2) is 12.0. The molecule has 2 aliphatic rings. The molecule has 0 atom stereocenters. The Morgan fingerprint density at radius 3 is 2.25 bits per heavy atom. The Labute approximate surface area is 212 Å². The molecule has 36 heavy (non-hydrogen) atoms. The van der Waals surface area contributed by atoms with Crippen LogP contribution in [0.2, 0.25) is 0 Å². The second-order valence-electron chi connectivity index (χ2n) is 9.44. The maximum absolute atomic E-state index is 13.5. The number of nitrogens with one attached hydrogen (secondary N) is 3. The molecule has 1 aromatic heterocycles. The molecule has 2 fully saturated rings. The molecule has 1 aliphatic heterocycles. The van der Waals surface area contributed by atoms with Crippen molar-refractivity contribution in [1.82, 2.24) is 21.2 Å². The number of hydrogen-bond donors (Lipinski definition) is 3. The Hall–Kier alpha value is -3.46. The minimum atomic E-state index is -0.479. The first-order chi connectivity index (χ1) is 17.5. The highest BCUT2D eigenvalue weighted by atomic mass is 16.5. The average molecular weight is 494 g/mol. The monoisotopic (exact) mass is 493 g/mol. The number of carbonyl (C=O) groups is 3. The molecular weight excluding hydrogens is 458 g/mol. The number of aromatic nitrogens is 1. The summed E-state index contributed by atoms with van der Waals surface area (Å²) in [5, 5.41) is 3.34. The largest absolute Gasteiger partial charge is 0.465 e. The highest BCUT2D eigenvalue weighted by Crippen LogP contribution is 2.39. The minimum absolute atomic E-state index is 0.291. The van der Waals surface area contributed by atoms with Crippen LogP contribution in [-0.4, -0.2) is 56.1 Å². The van der Waals surface area contributed by atoms with Crippen LogP contribution in [0.3, 0.4) is 0 Å². The molecule has 192 valence electrons. The molecule has 1 aromatic carbocycles. The zero-order chi connectivity index (χ0) is 25.5. The first-order valence-electron chi connectivity index (χ1n) is 12.8. The number of hydrogen-bond acceptors (Lipinski definition) is 7. The van der Waals surface area contributed by atoms with Crippen LogP contribution in [0.25, 0.3) is 0 Å². The number of hydrazine groups is 1. The first-order valence-corrected chi connectivity index (χ1v) is 12.8. The summed E-state index contributed by atoms with van der Waals surface area (Å²) >= 11 is 0. The maximum atomic E-state index is 13.5. The van der Waals surface area contributed by atoms with Crippen molar-refractivity contribution in [2.45, 2.75) is 44.9 Å². The maximum Gasteiger partial charge on any atom is 0.337 e. The molecule has 2 amide bonds. The number of anilines is 1. The summed E-state index contributed by atoms with van der Waals surface area (Å²) in [7, 11) is 1.30. The zero-order valence-electron chi connectivity index (χ0n) is 21.0. The third-order valence-corrected chi connectivity index (χ3v) is 7.33. The van der Waals surface area contributed by atoms with E-state index in [0.717, 1.165) is 63.3 Å². The summed E-state index contributed by atoms with van der Waals surface area (Å²) in [5.41, 5.74) is 7.34. The Kier molecular flexibility index (Phi) is 8.53. The van der Waals surface area contributed by atoms with Gasteiger partial charge in [0.2, 0.25) is 0 Å². The van der Waals surface area contributed by atoms with Crippen LogP contribution in [0.15, 0.2) is 36.5 Å². The lowest BCUT2D eigenvalue weighted by Crippen LogP contribution is -2.46. The summed E-state index contributed by atoms with van der Waals surface area (Å²) in [6, 6.07) is 8.02. The molecule has 9 nitrogen and oxygen atoms in total. The summed E-state index contributed by atoms with van der Waals surface area (Å²) in [5.74, 6) is 0.382. The number of rotatable bonds is 6. The number of ether oxygens (including phenoxy) is 1. The summed E-state index contributed by atoms with van der Waals surface area (Å²) in [6.07, 6.45) is 7.40. The van der Waals surface area contributed by atoms with E-state index in [1.54, 1.807) is 6.20 Å². The van der Waals surface area contributed by atoms with E-state index in [1.807, 2.05) is 6.07 Å². The Morgan fingerprint density at radius 1 is 0.972 bits per heavy atom. The fourth-order valence-corrected chi connectivity index (χ4v) is 5.16. The Balaban J connectivity index is 1.53. The number of nitrogens with zero attached hydrogens (tertiary/aromatic N) is 2. The van der Waals surface area contributed by atoms with Crippen LogP contribution in [0.4, 0.5) is 5.82 Å². The fraction of sp³-hybridized carbons (Fsp3) is 0.481. The fourth-order valence-electron chi connectivity index (χ4n) is 5.16. The van der Waals surface area contributed by atoms with Gasteiger partial charge in [-0.2, -0.15) is 0 Å². The van der Waals surface area contributed by atoms with E-state index < -0.39 is 11.9 Å². The van der Waals surface area contributed by atoms with Gasteiger partial charge in [-0.25, -0.2) is 9.78 Å². The average Bonchev–Trinajstić information content (AvgIpc) is 2.95. The van der Waals surface area contributed by atoms with E-state index in [1.165, 1.54) is 37.8 Å². The van der Waals surface area contributed by atoms with Gasteiger partial charge in [-0.3, -0.25) is 20.4 Å². The SMILES string of the molecule is CCC1CCC(c2ccnc(N3CCNCC3)c2C(=O)NNC(=O)c2ccc(C(=O)OC)cc2)CC1. The summed E-state index contributed by atoms with van der Waals surface area (Å²) in [6.45, 7) is 5.42. The van der Waals surface area contributed by atoms with Gasteiger partial charge in [0.25, 0.3) is 11.8 Å². The molecule has 1 aliphatic carbocycles. The van der Waals surface area contributed by atoms with Crippen molar-refractivity contribution in [2.24, 2.45) is 5.92 Å². The Morgan fingerprint density at radius 2 is 1.61 bits per heavy atom. The lowest BCUT2D eigenvalue weighted by molar-refractivity contribution is 0.0600. The molecule has 0 unspecified atom stereocenters. The van der Waals surface area contributed by atoms with Gasteiger partial charge in [0.15, 0.2) is 0 Å². The van der Waals surface area contributed by atoms with E-state index >= 15 is 0 Å². The van der Waals surface area contributed by atoms with Crippen LogP contribution < -0.4 is 21.1 Å². The summed E-state index contributed by atoms with van der Waals surface area (Å²) in [4.78, 5) is 44.6. The van der Waals surface area contributed by atoms with E-state index in [0.29, 0.717) is 28.4 Å². The molecule has 9 heteroatoms. The van der Waals surface area contributed by atoms with Crippen LogP contribution in [0.1, 0.15) is 81.6 Å². The standard InChI is InChI=1S/C27H35N5O4/c1-3-18-4-6-19(7-5-18)22-12-13-29-24(32-16-14-28-15-17-32)23(22)26(34)31-30-25(33)20-8-10-21(11-9-20)27(35)36-2/h8-13,18-19,28H,3-7,14-17H2,1-2H3,(H,30,33)(H,31,34). The van der Waals surface area contributed by atoms with Crippen molar-refractivity contribution in [1.29, 1.82) is 0 Å². The molecule has 0 radical (unpaired) electrons. The highest BCUT2D eigenvalue weighted by Gasteiger charge is 2.29. The van der Waals surface area contributed by atoms with Gasteiger partial charge < -0.3 is 15.0 Å². The summed E-state index contributed by atoms with van der Waals surface area (Å²) < 4.78 is 4.69. The van der Waals surface area contributed by atoms with Gasteiger partial charge in [0.05, 0.1) is 18.2 Å². The van der Waals surface area contributed by atoms with Crippen LogP contribution in [-0.2, 0) is 4.74 Å². The van der Waals surface area contributed by atoms with Crippen LogP contribution in [0, 0.1) is 5.92 Å². The van der Waals surface area contributed by atoms with Gasteiger partial charge in [-0.1, -0.05) is 13.3 Å². The van der Waals surface area contributed by atoms with Gasteiger partial charge >= 0.3 is 5.97 Å². The van der Waals surface area contributed by atoms with Gasteiger partial charge in [-0.15, -0.1) is 0 Å². The number of pyridine rings is 1. The van der Waals surface area contributed by atoms with Crippen molar-refractivity contribution in [3.8, 4) is 0 Å².